The van der Waals surface area contributed by atoms with Gasteiger partial charge in [0.1, 0.15) is 17.1 Å². The highest BCUT2D eigenvalue weighted by molar-refractivity contribution is 5.95. The highest BCUT2D eigenvalue weighted by atomic mass is 16.5. The minimum Gasteiger partial charge on any atom is -0.454 e. The van der Waals surface area contributed by atoms with Crippen molar-refractivity contribution in [2.45, 2.75) is 19.1 Å². The van der Waals surface area contributed by atoms with Crippen LogP contribution in [0.15, 0.2) is 65.3 Å². The minimum atomic E-state index is -0.0885. The van der Waals surface area contributed by atoms with Crippen LogP contribution >= 0.6 is 0 Å². The van der Waals surface area contributed by atoms with Gasteiger partial charge in [0.2, 0.25) is 0 Å². The number of ether oxygens (including phenoxy) is 1. The molecule has 4 aromatic rings. The van der Waals surface area contributed by atoms with Crippen molar-refractivity contribution in [2.24, 2.45) is 0 Å². The standard InChI is InChI=1S/C26H27N5O3/c1-31-10-9-20(15-31)28-26(32)18-7-8-19(16-33-2)21(11-18)29-25-14-27-13-22(30-25)24-12-17-5-3-4-6-23(17)34-24/h3-8,11-14,20H,9-10,15-16H2,1-2H3,(H,28,32)(H,29,30). The number of furan rings is 1. The summed E-state index contributed by atoms with van der Waals surface area (Å²) in [6, 6.07) is 15.5. The van der Waals surface area contributed by atoms with Crippen molar-refractivity contribution in [1.82, 2.24) is 20.2 Å². The Labute approximate surface area is 198 Å². The molecule has 2 aromatic carbocycles. The second-order valence-electron chi connectivity index (χ2n) is 8.59. The van der Waals surface area contributed by atoms with Crippen LogP contribution in [0.2, 0.25) is 0 Å². The fourth-order valence-electron chi connectivity index (χ4n) is 4.23. The molecule has 5 rings (SSSR count). The number of methoxy groups -OCH3 is 1. The zero-order valence-electron chi connectivity index (χ0n) is 19.2. The number of likely N-dealkylation sites (tertiary alicyclic amines) is 1. The number of fused-ring (bicyclic) bond motifs is 1. The number of amides is 1. The summed E-state index contributed by atoms with van der Waals surface area (Å²) in [6.07, 6.45) is 4.27. The molecule has 1 aliphatic rings. The Bertz CT molecular complexity index is 1290. The molecule has 2 N–H and O–H groups in total. The fraction of sp³-hybridized carbons (Fsp3) is 0.269. The van der Waals surface area contributed by atoms with E-state index in [0.29, 0.717) is 29.4 Å². The summed E-state index contributed by atoms with van der Waals surface area (Å²) in [7, 11) is 3.71. The number of carbonyl (C=O) groups is 1. The van der Waals surface area contributed by atoms with Crippen LogP contribution in [-0.4, -0.2) is 54.1 Å². The summed E-state index contributed by atoms with van der Waals surface area (Å²) in [5.74, 6) is 1.10. The smallest absolute Gasteiger partial charge is 0.251 e. The Hall–Kier alpha value is -3.75. The first-order valence-corrected chi connectivity index (χ1v) is 11.3. The largest absolute Gasteiger partial charge is 0.454 e. The van der Waals surface area contributed by atoms with Gasteiger partial charge >= 0.3 is 0 Å². The molecule has 0 spiro atoms. The van der Waals surface area contributed by atoms with Crippen LogP contribution in [0.3, 0.4) is 0 Å². The molecule has 1 atom stereocenters. The molecule has 0 bridgehead atoms. The van der Waals surface area contributed by atoms with E-state index < -0.39 is 0 Å². The number of nitrogens with one attached hydrogen (secondary N) is 2. The van der Waals surface area contributed by atoms with Gasteiger partial charge in [-0.15, -0.1) is 0 Å². The summed E-state index contributed by atoms with van der Waals surface area (Å²) in [5.41, 5.74) is 3.66. The Morgan fingerprint density at radius 3 is 2.88 bits per heavy atom. The van der Waals surface area contributed by atoms with E-state index in [2.05, 4.69) is 32.5 Å². The van der Waals surface area contributed by atoms with Gasteiger partial charge in [-0.2, -0.15) is 0 Å². The monoisotopic (exact) mass is 457 g/mol. The third kappa shape index (κ3) is 4.78. The Balaban J connectivity index is 1.39. The number of para-hydroxylation sites is 1. The van der Waals surface area contributed by atoms with Gasteiger partial charge in [-0.1, -0.05) is 24.3 Å². The average molecular weight is 458 g/mol. The number of anilines is 2. The number of hydrogen-bond acceptors (Lipinski definition) is 7. The fourth-order valence-corrected chi connectivity index (χ4v) is 4.23. The predicted octanol–water partition coefficient (Wildman–Crippen LogP) is 4.21. The highest BCUT2D eigenvalue weighted by Crippen LogP contribution is 2.28. The molecule has 1 fully saturated rings. The molecule has 2 aromatic heterocycles. The maximum Gasteiger partial charge on any atom is 0.251 e. The second kappa shape index (κ2) is 9.62. The molecule has 174 valence electrons. The molecule has 8 heteroatoms. The van der Waals surface area contributed by atoms with Crippen LogP contribution in [-0.2, 0) is 11.3 Å². The van der Waals surface area contributed by atoms with Crippen molar-refractivity contribution >= 4 is 28.4 Å². The van der Waals surface area contributed by atoms with E-state index >= 15 is 0 Å². The SMILES string of the molecule is COCc1ccc(C(=O)NC2CCN(C)C2)cc1Nc1cncc(-c2cc3ccccc3o2)n1. The summed E-state index contributed by atoms with van der Waals surface area (Å²) >= 11 is 0. The molecule has 3 heterocycles. The highest BCUT2D eigenvalue weighted by Gasteiger charge is 2.22. The van der Waals surface area contributed by atoms with Gasteiger partial charge in [0.15, 0.2) is 5.76 Å². The topological polar surface area (TPSA) is 92.5 Å². The van der Waals surface area contributed by atoms with E-state index in [1.807, 2.05) is 48.5 Å². The zero-order chi connectivity index (χ0) is 23.5. The number of benzene rings is 2. The normalized spacial score (nSPS) is 16.1. The van der Waals surface area contributed by atoms with E-state index in [9.17, 15) is 4.79 Å². The van der Waals surface area contributed by atoms with Gasteiger partial charge in [-0.05, 0) is 44.3 Å². The summed E-state index contributed by atoms with van der Waals surface area (Å²) in [6.45, 7) is 2.25. The Morgan fingerprint density at radius 1 is 1.21 bits per heavy atom. The zero-order valence-corrected chi connectivity index (χ0v) is 19.2. The lowest BCUT2D eigenvalue weighted by atomic mass is 10.1. The van der Waals surface area contributed by atoms with Gasteiger partial charge in [0.25, 0.3) is 5.91 Å². The van der Waals surface area contributed by atoms with Crippen LogP contribution in [0.1, 0.15) is 22.3 Å². The average Bonchev–Trinajstić information content (AvgIpc) is 3.46. The Morgan fingerprint density at radius 2 is 2.09 bits per heavy atom. The van der Waals surface area contributed by atoms with Gasteiger partial charge in [0, 0.05) is 41.9 Å². The van der Waals surface area contributed by atoms with Crippen LogP contribution in [0, 0.1) is 0 Å². The third-order valence-electron chi connectivity index (χ3n) is 5.97. The van der Waals surface area contributed by atoms with Crippen molar-refractivity contribution < 1.29 is 13.9 Å². The first-order chi connectivity index (χ1) is 16.6. The molecule has 1 aliphatic heterocycles. The van der Waals surface area contributed by atoms with Crippen molar-refractivity contribution in [3.05, 3.63) is 72.1 Å². The molecule has 0 aliphatic carbocycles. The van der Waals surface area contributed by atoms with Crippen molar-refractivity contribution in [3.63, 3.8) is 0 Å². The molecular weight excluding hydrogens is 430 g/mol. The van der Waals surface area contributed by atoms with Crippen LogP contribution in [0.4, 0.5) is 11.5 Å². The third-order valence-corrected chi connectivity index (χ3v) is 5.97. The molecule has 34 heavy (non-hydrogen) atoms. The van der Waals surface area contributed by atoms with Crippen LogP contribution < -0.4 is 10.6 Å². The number of carbonyl (C=O) groups excluding carboxylic acids is 1. The number of aromatic nitrogens is 2. The van der Waals surface area contributed by atoms with E-state index in [0.717, 1.165) is 41.7 Å². The Kier molecular flexibility index (Phi) is 6.24. The summed E-state index contributed by atoms with van der Waals surface area (Å²) in [5, 5.41) is 7.45. The summed E-state index contributed by atoms with van der Waals surface area (Å²) in [4.78, 5) is 24.1. The van der Waals surface area contributed by atoms with Gasteiger partial charge < -0.3 is 24.7 Å². The maximum absolute atomic E-state index is 12.9. The van der Waals surface area contributed by atoms with Crippen LogP contribution in [0.25, 0.3) is 22.4 Å². The maximum atomic E-state index is 12.9. The number of likely N-dealkylation sites (N-methyl/N-ethyl adjacent to an activating group) is 1. The second-order valence-corrected chi connectivity index (χ2v) is 8.59. The molecular formula is C26H27N5O3. The number of nitrogens with zero attached hydrogens (tertiary/aromatic N) is 3. The van der Waals surface area contributed by atoms with Crippen LogP contribution in [0.5, 0.6) is 0 Å². The van der Waals surface area contributed by atoms with E-state index in [1.165, 1.54) is 0 Å². The van der Waals surface area contributed by atoms with E-state index in [4.69, 9.17) is 9.15 Å². The van der Waals surface area contributed by atoms with Crippen molar-refractivity contribution in [2.75, 3.05) is 32.6 Å². The lowest BCUT2D eigenvalue weighted by Gasteiger charge is -2.16. The van der Waals surface area contributed by atoms with Gasteiger partial charge in [0.05, 0.1) is 19.0 Å². The van der Waals surface area contributed by atoms with Gasteiger partial charge in [-0.25, -0.2) is 4.98 Å². The first kappa shape index (κ1) is 22.1. The first-order valence-electron chi connectivity index (χ1n) is 11.3. The van der Waals surface area contributed by atoms with Crippen molar-refractivity contribution in [3.8, 4) is 11.5 Å². The van der Waals surface area contributed by atoms with Crippen molar-refractivity contribution in [1.29, 1.82) is 0 Å². The lowest BCUT2D eigenvalue weighted by Crippen LogP contribution is -2.36. The molecule has 8 nitrogen and oxygen atoms in total. The molecule has 0 radical (unpaired) electrons. The summed E-state index contributed by atoms with van der Waals surface area (Å²) < 4.78 is 11.3. The lowest BCUT2D eigenvalue weighted by molar-refractivity contribution is 0.0938. The van der Waals surface area contributed by atoms with E-state index in [1.54, 1.807) is 19.5 Å². The quantitative estimate of drug-likeness (QED) is 0.429. The molecule has 1 unspecified atom stereocenters. The number of rotatable bonds is 7. The minimum absolute atomic E-state index is 0.0885. The number of hydrogen-bond donors (Lipinski definition) is 2. The van der Waals surface area contributed by atoms with Gasteiger partial charge in [-0.3, -0.25) is 9.78 Å². The predicted molar refractivity (Wildman–Crippen MR) is 131 cm³/mol. The molecule has 1 amide bonds. The molecule has 1 saturated heterocycles. The van der Waals surface area contributed by atoms with E-state index in [-0.39, 0.29) is 11.9 Å². The molecule has 0 saturated carbocycles.